The van der Waals surface area contributed by atoms with E-state index in [1.54, 1.807) is 0 Å². The van der Waals surface area contributed by atoms with Gasteiger partial charge in [0.05, 0.1) is 6.21 Å². The predicted octanol–water partition coefficient (Wildman–Crippen LogP) is 1.76. The maximum absolute atomic E-state index is 12.5. The fourth-order valence-corrected chi connectivity index (χ4v) is 0.829. The first-order valence-corrected chi connectivity index (χ1v) is 4.37. The molecule has 0 amide bonds. The lowest BCUT2D eigenvalue weighted by atomic mass is 10.2. The molecular weight excluding hydrogens is 219 g/mol. The molecule has 5 heteroatoms. The fourth-order valence-electron chi connectivity index (χ4n) is 0.829. The van der Waals surface area contributed by atoms with E-state index in [1.165, 1.54) is 6.21 Å². The summed E-state index contributed by atoms with van der Waals surface area (Å²) < 4.78 is 12.5. The topological polar surface area (TPSA) is 47.6 Å². The number of halogens is 2. The molecule has 0 radical (unpaired) electrons. The van der Waals surface area contributed by atoms with E-state index in [0.29, 0.717) is 0 Å². The van der Waals surface area contributed by atoms with Gasteiger partial charge in [-0.25, -0.2) is 4.39 Å². The van der Waals surface area contributed by atoms with Crippen LogP contribution in [0.3, 0.4) is 0 Å². The van der Waals surface area contributed by atoms with Gasteiger partial charge in [-0.1, -0.05) is 35.5 Å². The summed E-state index contributed by atoms with van der Waals surface area (Å²) in [6, 6.07) is 9.44. The zero-order valence-electron chi connectivity index (χ0n) is 8.17. The lowest BCUT2D eigenvalue weighted by Gasteiger charge is -2.01. The second-order valence-electron chi connectivity index (χ2n) is 2.77. The van der Waals surface area contributed by atoms with Gasteiger partial charge in [0.1, 0.15) is 12.8 Å². The zero-order valence-corrected chi connectivity index (χ0v) is 8.99. The van der Waals surface area contributed by atoms with E-state index in [4.69, 9.17) is 10.6 Å². The Hall–Kier alpha value is -1.13. The zero-order chi connectivity index (χ0) is 10.2. The van der Waals surface area contributed by atoms with Crippen LogP contribution in [0.4, 0.5) is 4.39 Å². The molecule has 84 valence electrons. The minimum atomic E-state index is -1.15. The van der Waals surface area contributed by atoms with Gasteiger partial charge in [0.15, 0.2) is 0 Å². The lowest BCUT2D eigenvalue weighted by Crippen LogP contribution is -2.19. The van der Waals surface area contributed by atoms with Crippen molar-refractivity contribution in [3.8, 4) is 0 Å². The van der Waals surface area contributed by atoms with Crippen LogP contribution in [0.5, 0.6) is 0 Å². The van der Waals surface area contributed by atoms with Crippen LogP contribution in [0.1, 0.15) is 5.56 Å². The molecule has 0 aliphatic carbocycles. The SMILES string of the molecule is Cl.NCC(F)CON=Cc1ccccc1. The Morgan fingerprint density at radius 1 is 1.40 bits per heavy atom. The molecule has 0 saturated carbocycles. The molecule has 0 aliphatic rings. The highest BCUT2D eigenvalue weighted by molar-refractivity contribution is 5.85. The molecule has 3 nitrogen and oxygen atoms in total. The summed E-state index contributed by atoms with van der Waals surface area (Å²) in [7, 11) is 0. The van der Waals surface area contributed by atoms with Gasteiger partial charge in [-0.2, -0.15) is 0 Å². The fraction of sp³-hybridized carbons (Fsp3) is 0.300. The van der Waals surface area contributed by atoms with Gasteiger partial charge in [0, 0.05) is 6.54 Å². The molecule has 1 rings (SSSR count). The molecule has 1 aromatic carbocycles. The standard InChI is InChI=1S/C10H13FN2O.ClH/c11-10(6-12)8-14-13-7-9-4-2-1-3-5-9;/h1-5,7,10H,6,8,12H2;1H. The van der Waals surface area contributed by atoms with Crippen molar-refractivity contribution in [1.82, 2.24) is 0 Å². The van der Waals surface area contributed by atoms with Gasteiger partial charge >= 0.3 is 0 Å². The maximum Gasteiger partial charge on any atom is 0.149 e. The average molecular weight is 233 g/mol. The predicted molar refractivity (Wildman–Crippen MR) is 61.2 cm³/mol. The van der Waals surface area contributed by atoms with E-state index in [0.717, 1.165) is 5.56 Å². The molecule has 1 aromatic rings. The van der Waals surface area contributed by atoms with E-state index < -0.39 is 6.17 Å². The van der Waals surface area contributed by atoms with Crippen LogP contribution < -0.4 is 5.73 Å². The molecule has 0 saturated heterocycles. The van der Waals surface area contributed by atoms with Crippen molar-refractivity contribution in [1.29, 1.82) is 0 Å². The van der Waals surface area contributed by atoms with Gasteiger partial charge in [0.25, 0.3) is 0 Å². The third-order valence-corrected chi connectivity index (χ3v) is 1.59. The summed E-state index contributed by atoms with van der Waals surface area (Å²) in [5.41, 5.74) is 5.97. The second kappa shape index (κ2) is 8.20. The van der Waals surface area contributed by atoms with Crippen molar-refractivity contribution in [3.63, 3.8) is 0 Å². The molecule has 2 N–H and O–H groups in total. The molecule has 1 atom stereocenters. The molecule has 0 aliphatic heterocycles. The lowest BCUT2D eigenvalue weighted by molar-refractivity contribution is 0.0910. The van der Waals surface area contributed by atoms with E-state index in [9.17, 15) is 4.39 Å². The van der Waals surface area contributed by atoms with Crippen LogP contribution in [0, 0.1) is 0 Å². The van der Waals surface area contributed by atoms with E-state index in [2.05, 4.69) is 5.16 Å². The first-order chi connectivity index (χ1) is 6.83. The van der Waals surface area contributed by atoms with Gasteiger partial charge < -0.3 is 10.6 Å². The van der Waals surface area contributed by atoms with Crippen molar-refractivity contribution in [2.24, 2.45) is 10.9 Å². The van der Waals surface area contributed by atoms with Gasteiger partial charge in [-0.15, -0.1) is 12.4 Å². The summed E-state index contributed by atoms with van der Waals surface area (Å²) in [5, 5.41) is 3.61. The summed E-state index contributed by atoms with van der Waals surface area (Å²) in [4.78, 5) is 4.70. The Kier molecular flexibility index (Phi) is 7.58. The maximum atomic E-state index is 12.5. The minimum absolute atomic E-state index is 0. The molecular formula is C10H14ClFN2O. The third kappa shape index (κ3) is 6.04. The molecule has 0 fully saturated rings. The second-order valence-corrected chi connectivity index (χ2v) is 2.77. The monoisotopic (exact) mass is 232 g/mol. The molecule has 0 spiro atoms. The van der Waals surface area contributed by atoms with Crippen LogP contribution in [0.15, 0.2) is 35.5 Å². The average Bonchev–Trinajstić information content (AvgIpc) is 2.25. The Morgan fingerprint density at radius 2 is 2.07 bits per heavy atom. The van der Waals surface area contributed by atoms with Crippen molar-refractivity contribution >= 4 is 18.6 Å². The largest absolute Gasteiger partial charge is 0.393 e. The normalized spacial score (nSPS) is 12.1. The molecule has 0 bridgehead atoms. The number of hydrogen-bond donors (Lipinski definition) is 1. The summed E-state index contributed by atoms with van der Waals surface area (Å²) >= 11 is 0. The highest BCUT2D eigenvalue weighted by atomic mass is 35.5. The van der Waals surface area contributed by atoms with Crippen LogP contribution in [0.25, 0.3) is 0 Å². The van der Waals surface area contributed by atoms with Gasteiger partial charge in [0.2, 0.25) is 0 Å². The Bertz CT molecular complexity index is 282. The van der Waals surface area contributed by atoms with Crippen molar-refractivity contribution in [2.45, 2.75) is 6.17 Å². The highest BCUT2D eigenvalue weighted by Gasteiger charge is 2.01. The van der Waals surface area contributed by atoms with Crippen molar-refractivity contribution in [2.75, 3.05) is 13.2 Å². The van der Waals surface area contributed by atoms with E-state index >= 15 is 0 Å². The summed E-state index contributed by atoms with van der Waals surface area (Å²) in [6.45, 7) is -0.138. The first kappa shape index (κ1) is 13.9. The number of rotatable bonds is 5. The number of nitrogens with zero attached hydrogens (tertiary/aromatic N) is 1. The smallest absolute Gasteiger partial charge is 0.149 e. The number of oxime groups is 1. The summed E-state index contributed by atoms with van der Waals surface area (Å²) in [5.74, 6) is 0. The molecule has 15 heavy (non-hydrogen) atoms. The van der Waals surface area contributed by atoms with Crippen molar-refractivity contribution < 1.29 is 9.23 Å². The van der Waals surface area contributed by atoms with Gasteiger partial charge in [-0.3, -0.25) is 0 Å². The first-order valence-electron chi connectivity index (χ1n) is 4.37. The van der Waals surface area contributed by atoms with Crippen LogP contribution in [-0.4, -0.2) is 25.5 Å². The Balaban J connectivity index is 0.00000196. The van der Waals surface area contributed by atoms with Crippen molar-refractivity contribution in [3.05, 3.63) is 35.9 Å². The number of alkyl halides is 1. The van der Waals surface area contributed by atoms with E-state index in [-0.39, 0.29) is 25.6 Å². The van der Waals surface area contributed by atoms with Crippen LogP contribution in [-0.2, 0) is 4.84 Å². The van der Waals surface area contributed by atoms with Crippen LogP contribution >= 0.6 is 12.4 Å². The van der Waals surface area contributed by atoms with Gasteiger partial charge in [-0.05, 0) is 5.56 Å². The minimum Gasteiger partial charge on any atom is -0.393 e. The highest BCUT2D eigenvalue weighted by Crippen LogP contribution is 1.95. The quantitative estimate of drug-likeness (QED) is 0.621. The Labute approximate surface area is 94.5 Å². The van der Waals surface area contributed by atoms with E-state index in [1.807, 2.05) is 30.3 Å². The third-order valence-electron chi connectivity index (χ3n) is 1.59. The molecule has 0 aromatic heterocycles. The number of benzene rings is 1. The Morgan fingerprint density at radius 3 is 2.67 bits per heavy atom. The summed E-state index contributed by atoms with van der Waals surface area (Å²) in [6.07, 6.45) is 0.381. The number of hydrogen-bond acceptors (Lipinski definition) is 3. The molecule has 1 unspecified atom stereocenters. The molecule has 0 heterocycles. The number of nitrogens with two attached hydrogens (primary N) is 1. The van der Waals surface area contributed by atoms with Crippen LogP contribution in [0.2, 0.25) is 0 Å².